The molecule has 0 unspecified atom stereocenters. The first kappa shape index (κ1) is 15.2. The minimum absolute atomic E-state index is 0.0506. The zero-order valence-electron chi connectivity index (χ0n) is 8.37. The number of ether oxygens (including phenoxy) is 1. The summed E-state index contributed by atoms with van der Waals surface area (Å²) in [7, 11) is -9.46. The van der Waals surface area contributed by atoms with E-state index in [4.69, 9.17) is 30.0 Å². The summed E-state index contributed by atoms with van der Waals surface area (Å²) in [6.45, 7) is -0.664. The molecule has 1 heterocycles. The standard InChI is InChI=1S/C5H12NO9P2/c6-5-1-3(15-17(10,11)12)4(14-5)2-13-16(7,8)9/h3,5H,1-2,6H2,(H2,7,8,9)(H2,10,11,12)/t3-,5+/m0/s1. The third-order valence-corrected chi connectivity index (χ3v) is 2.74. The van der Waals surface area contributed by atoms with Crippen molar-refractivity contribution in [2.45, 2.75) is 18.8 Å². The van der Waals surface area contributed by atoms with Gasteiger partial charge in [-0.25, -0.2) is 9.13 Å². The first-order valence-electron chi connectivity index (χ1n) is 4.29. The molecule has 1 fully saturated rings. The molecule has 1 aliphatic heterocycles. The van der Waals surface area contributed by atoms with Gasteiger partial charge in [0.2, 0.25) is 0 Å². The Kier molecular flexibility index (Phi) is 4.84. The van der Waals surface area contributed by atoms with Crippen LogP contribution in [0.5, 0.6) is 0 Å². The fraction of sp³-hybridized carbons (Fsp3) is 0.800. The first-order valence-corrected chi connectivity index (χ1v) is 7.35. The maximum Gasteiger partial charge on any atom is 0.469 e. The van der Waals surface area contributed by atoms with Crippen LogP contribution in [0.25, 0.3) is 0 Å². The van der Waals surface area contributed by atoms with Gasteiger partial charge in [-0.3, -0.25) is 9.05 Å². The van der Waals surface area contributed by atoms with Crippen LogP contribution >= 0.6 is 15.6 Å². The lowest BCUT2D eigenvalue weighted by Crippen LogP contribution is -2.20. The number of hydrogen-bond donors (Lipinski definition) is 5. The summed E-state index contributed by atoms with van der Waals surface area (Å²) in [5, 5.41) is 0. The van der Waals surface area contributed by atoms with E-state index in [1.165, 1.54) is 0 Å². The number of phosphoric acid groups is 2. The van der Waals surface area contributed by atoms with Crippen LogP contribution in [0, 0.1) is 6.10 Å². The van der Waals surface area contributed by atoms with E-state index in [2.05, 4.69) is 9.05 Å². The molecule has 12 heteroatoms. The van der Waals surface area contributed by atoms with Gasteiger partial charge in [0.05, 0.1) is 6.61 Å². The quantitative estimate of drug-likeness (QED) is 0.388. The van der Waals surface area contributed by atoms with E-state index in [0.29, 0.717) is 0 Å². The van der Waals surface area contributed by atoms with Gasteiger partial charge in [-0.05, 0) is 0 Å². The highest BCUT2D eigenvalue weighted by Gasteiger charge is 2.40. The van der Waals surface area contributed by atoms with Gasteiger partial charge in [-0.1, -0.05) is 0 Å². The lowest BCUT2D eigenvalue weighted by molar-refractivity contribution is 0.0526. The van der Waals surface area contributed by atoms with Gasteiger partial charge in [0.1, 0.15) is 12.3 Å². The molecule has 2 atom stereocenters. The predicted octanol–water partition coefficient (Wildman–Crippen LogP) is -1.19. The second-order valence-electron chi connectivity index (χ2n) is 3.21. The number of nitrogens with two attached hydrogens (primary N) is 1. The Hall–Kier alpha value is 0.140. The van der Waals surface area contributed by atoms with Gasteiger partial charge in [0.15, 0.2) is 6.10 Å². The summed E-state index contributed by atoms with van der Waals surface area (Å²) in [6.07, 6.45) is -2.27. The molecule has 1 rings (SSSR count). The molecular formula is C5H12NO9P2. The summed E-state index contributed by atoms with van der Waals surface area (Å²) >= 11 is 0. The maximum absolute atomic E-state index is 10.6. The van der Waals surface area contributed by atoms with Gasteiger partial charge >= 0.3 is 15.6 Å². The monoisotopic (exact) mass is 292 g/mol. The molecule has 0 aromatic heterocycles. The Morgan fingerprint density at radius 1 is 1.29 bits per heavy atom. The third kappa shape index (κ3) is 6.03. The normalized spacial score (nSPS) is 27.6. The molecule has 101 valence electrons. The summed E-state index contributed by atoms with van der Waals surface area (Å²) in [4.78, 5) is 34.1. The van der Waals surface area contributed by atoms with E-state index in [1.807, 2.05) is 0 Å². The first-order chi connectivity index (χ1) is 7.57. The Morgan fingerprint density at radius 3 is 2.35 bits per heavy atom. The Balaban J connectivity index is 2.56. The van der Waals surface area contributed by atoms with E-state index in [-0.39, 0.29) is 12.5 Å². The van der Waals surface area contributed by atoms with E-state index in [0.717, 1.165) is 0 Å². The molecule has 1 aliphatic rings. The van der Waals surface area contributed by atoms with Crippen LogP contribution in [-0.2, 0) is 22.9 Å². The van der Waals surface area contributed by atoms with Crippen molar-refractivity contribution in [2.75, 3.05) is 6.61 Å². The highest BCUT2D eigenvalue weighted by Crippen LogP contribution is 2.44. The Morgan fingerprint density at radius 2 is 1.88 bits per heavy atom. The fourth-order valence-electron chi connectivity index (χ4n) is 1.20. The van der Waals surface area contributed by atoms with Crippen LogP contribution < -0.4 is 5.73 Å². The van der Waals surface area contributed by atoms with E-state index in [1.54, 1.807) is 0 Å². The molecule has 1 saturated heterocycles. The van der Waals surface area contributed by atoms with Crippen molar-refractivity contribution in [3.05, 3.63) is 6.10 Å². The molecule has 0 aliphatic carbocycles. The predicted molar refractivity (Wildman–Crippen MR) is 51.8 cm³/mol. The molecule has 0 spiro atoms. The zero-order chi connectivity index (χ0) is 13.3. The highest BCUT2D eigenvalue weighted by atomic mass is 31.2. The smallest absolute Gasteiger partial charge is 0.349 e. The minimum atomic E-state index is -4.75. The van der Waals surface area contributed by atoms with Gasteiger partial charge < -0.3 is 30.0 Å². The largest absolute Gasteiger partial charge is 0.469 e. The Bertz CT molecular complexity index is 349. The summed E-state index contributed by atoms with van der Waals surface area (Å²) < 4.78 is 34.4. The molecule has 0 aromatic carbocycles. The summed E-state index contributed by atoms with van der Waals surface area (Å²) in [5.74, 6) is 0. The number of rotatable bonds is 5. The van der Waals surface area contributed by atoms with Crippen LogP contribution in [0.3, 0.4) is 0 Å². The van der Waals surface area contributed by atoms with E-state index in [9.17, 15) is 9.13 Å². The lowest BCUT2D eigenvalue weighted by atomic mass is 10.2. The van der Waals surface area contributed by atoms with Crippen molar-refractivity contribution in [3.63, 3.8) is 0 Å². The summed E-state index contributed by atoms with van der Waals surface area (Å²) in [6, 6.07) is 0. The topological polar surface area (TPSA) is 169 Å². The van der Waals surface area contributed by atoms with Gasteiger partial charge in [0, 0.05) is 6.42 Å². The van der Waals surface area contributed by atoms with E-state index >= 15 is 0 Å². The summed E-state index contributed by atoms with van der Waals surface area (Å²) in [5.41, 5.74) is 5.35. The van der Waals surface area contributed by atoms with Crippen LogP contribution in [-0.4, -0.2) is 38.5 Å². The molecule has 0 amide bonds. The van der Waals surface area contributed by atoms with Gasteiger partial charge in [0.25, 0.3) is 0 Å². The van der Waals surface area contributed by atoms with Crippen molar-refractivity contribution in [1.82, 2.24) is 0 Å². The number of hydrogen-bond acceptors (Lipinski definition) is 6. The van der Waals surface area contributed by atoms with Crippen LogP contribution in [0.1, 0.15) is 6.42 Å². The van der Waals surface area contributed by atoms with E-state index < -0.39 is 34.6 Å². The SMILES string of the molecule is N[C@H]1C[C@H](OP(=O)(O)O)[C](COP(=O)(O)O)O1. The van der Waals surface area contributed by atoms with Crippen LogP contribution in [0.4, 0.5) is 0 Å². The molecule has 0 saturated carbocycles. The fourth-order valence-corrected chi connectivity index (χ4v) is 2.03. The molecule has 17 heavy (non-hydrogen) atoms. The minimum Gasteiger partial charge on any atom is -0.349 e. The average Bonchev–Trinajstić information content (AvgIpc) is 2.38. The van der Waals surface area contributed by atoms with Crippen molar-refractivity contribution < 1.29 is 42.5 Å². The number of phosphoric ester groups is 2. The molecule has 0 aromatic rings. The molecule has 10 nitrogen and oxygen atoms in total. The zero-order valence-corrected chi connectivity index (χ0v) is 10.2. The highest BCUT2D eigenvalue weighted by molar-refractivity contribution is 7.46. The average molecular weight is 292 g/mol. The molecule has 6 N–H and O–H groups in total. The maximum atomic E-state index is 10.6. The van der Waals surface area contributed by atoms with Crippen LogP contribution in [0.2, 0.25) is 0 Å². The second-order valence-corrected chi connectivity index (χ2v) is 5.64. The lowest BCUT2D eigenvalue weighted by Gasteiger charge is -2.17. The molecular weight excluding hydrogens is 280 g/mol. The van der Waals surface area contributed by atoms with Gasteiger partial charge in [-0.2, -0.15) is 0 Å². The molecule has 1 radical (unpaired) electrons. The van der Waals surface area contributed by atoms with Crippen molar-refractivity contribution in [1.29, 1.82) is 0 Å². The second kappa shape index (κ2) is 5.41. The third-order valence-electron chi connectivity index (χ3n) is 1.75. The Labute approximate surface area is 96.1 Å². The van der Waals surface area contributed by atoms with Crippen LogP contribution in [0.15, 0.2) is 0 Å². The van der Waals surface area contributed by atoms with Crippen molar-refractivity contribution in [3.8, 4) is 0 Å². The molecule has 0 bridgehead atoms. The van der Waals surface area contributed by atoms with Gasteiger partial charge in [-0.15, -0.1) is 0 Å². The van der Waals surface area contributed by atoms with Crippen molar-refractivity contribution >= 4 is 15.6 Å². The van der Waals surface area contributed by atoms with Crippen molar-refractivity contribution in [2.24, 2.45) is 5.73 Å².